The molecule has 19 heteroatoms. The Balaban J connectivity index is 1.44. The van der Waals surface area contributed by atoms with Gasteiger partial charge in [-0.05, 0) is 44.9 Å². The lowest BCUT2D eigenvalue weighted by atomic mass is 9.96. The van der Waals surface area contributed by atoms with Crippen molar-refractivity contribution < 1.29 is 89.4 Å². The van der Waals surface area contributed by atoms with Crippen LogP contribution in [0.15, 0.2) is 24.3 Å². The van der Waals surface area contributed by atoms with Crippen LogP contribution in [0, 0.1) is 0 Å². The first-order valence-corrected chi connectivity index (χ1v) is 34.1. The second-order valence-corrected chi connectivity index (χ2v) is 24.6. The van der Waals surface area contributed by atoms with Gasteiger partial charge in [0.2, 0.25) is 5.91 Å². The minimum Gasteiger partial charge on any atom is -0.394 e. The molecule has 1 amide bonds. The normalized spacial score (nSPS) is 29.1. The van der Waals surface area contributed by atoms with Crippen molar-refractivity contribution in [3.05, 3.63) is 24.3 Å². The predicted molar refractivity (Wildman–Crippen MR) is 328 cm³/mol. The van der Waals surface area contributed by atoms with Gasteiger partial charge in [0.05, 0.1) is 38.6 Å². The van der Waals surface area contributed by atoms with Crippen molar-refractivity contribution in [3.63, 3.8) is 0 Å². The van der Waals surface area contributed by atoms with Gasteiger partial charge in [0, 0.05) is 6.42 Å². The Morgan fingerprint density at radius 1 is 0.412 bits per heavy atom. The zero-order valence-electron chi connectivity index (χ0n) is 52.6. The number of nitrogens with one attached hydrogen (secondary N) is 1. The highest BCUT2D eigenvalue weighted by molar-refractivity contribution is 5.76. The van der Waals surface area contributed by atoms with E-state index in [0.29, 0.717) is 6.42 Å². The Morgan fingerprint density at radius 3 is 1.14 bits per heavy atom. The molecule has 0 aliphatic carbocycles. The van der Waals surface area contributed by atoms with Crippen LogP contribution in [-0.4, -0.2) is 193 Å². The molecule has 17 unspecified atom stereocenters. The number of unbranched alkanes of at least 4 members (excludes halogenated alkanes) is 34. The number of rotatable bonds is 52. The van der Waals surface area contributed by atoms with E-state index in [4.69, 9.17) is 28.4 Å². The number of carbonyl (C=O) groups is 1. The van der Waals surface area contributed by atoms with Crippen molar-refractivity contribution in [1.82, 2.24) is 5.32 Å². The summed E-state index contributed by atoms with van der Waals surface area (Å²) in [6.45, 7) is 1.74. The number of aliphatic hydroxyl groups is 11. The lowest BCUT2D eigenvalue weighted by Gasteiger charge is -2.48. The molecule has 0 aromatic rings. The van der Waals surface area contributed by atoms with Crippen LogP contribution in [0.5, 0.6) is 0 Å². The third kappa shape index (κ3) is 31.7. The van der Waals surface area contributed by atoms with E-state index in [1.807, 2.05) is 6.08 Å². The van der Waals surface area contributed by atoms with Crippen LogP contribution in [0.3, 0.4) is 0 Å². The highest BCUT2D eigenvalue weighted by Gasteiger charge is 2.53. The van der Waals surface area contributed by atoms with E-state index < -0.39 is 124 Å². The number of ether oxygens (including phenoxy) is 6. The molecular formula is C66H123NO18. The Hall–Kier alpha value is -1.73. The first-order chi connectivity index (χ1) is 41.3. The van der Waals surface area contributed by atoms with E-state index in [2.05, 4.69) is 31.3 Å². The van der Waals surface area contributed by atoms with Gasteiger partial charge in [-0.2, -0.15) is 0 Å². The number of hydrogen-bond donors (Lipinski definition) is 12. The summed E-state index contributed by atoms with van der Waals surface area (Å²) in [5.74, 6) is -0.282. The van der Waals surface area contributed by atoms with Crippen LogP contribution < -0.4 is 5.32 Å². The van der Waals surface area contributed by atoms with Crippen LogP contribution in [0.1, 0.15) is 258 Å². The molecule has 12 N–H and O–H groups in total. The van der Waals surface area contributed by atoms with E-state index in [9.17, 15) is 61.0 Å². The summed E-state index contributed by atoms with van der Waals surface area (Å²) >= 11 is 0. The van der Waals surface area contributed by atoms with Gasteiger partial charge in [-0.15, -0.1) is 0 Å². The second kappa shape index (κ2) is 49.0. The van der Waals surface area contributed by atoms with Gasteiger partial charge in [0.15, 0.2) is 18.9 Å². The molecule has 0 aromatic carbocycles. The first-order valence-electron chi connectivity index (χ1n) is 34.1. The molecule has 85 heavy (non-hydrogen) atoms. The molecule has 19 nitrogen and oxygen atoms in total. The lowest BCUT2D eigenvalue weighted by Crippen LogP contribution is -2.66. The van der Waals surface area contributed by atoms with E-state index in [1.54, 1.807) is 6.08 Å². The largest absolute Gasteiger partial charge is 0.394 e. The smallest absolute Gasteiger partial charge is 0.220 e. The van der Waals surface area contributed by atoms with Gasteiger partial charge in [0.1, 0.15) is 73.2 Å². The van der Waals surface area contributed by atoms with Crippen LogP contribution in [0.2, 0.25) is 0 Å². The van der Waals surface area contributed by atoms with Crippen LogP contribution in [-0.2, 0) is 33.2 Å². The zero-order chi connectivity index (χ0) is 61.9. The molecule has 3 heterocycles. The summed E-state index contributed by atoms with van der Waals surface area (Å²) in [5.41, 5.74) is 0. The van der Waals surface area contributed by atoms with Crippen LogP contribution in [0.4, 0.5) is 0 Å². The fourth-order valence-corrected chi connectivity index (χ4v) is 11.7. The maximum absolute atomic E-state index is 13.4. The molecule has 17 atom stereocenters. The molecule has 3 aliphatic heterocycles. The molecule has 500 valence electrons. The third-order valence-corrected chi connectivity index (χ3v) is 17.2. The fraction of sp³-hybridized carbons (Fsp3) is 0.924. The Kier molecular flexibility index (Phi) is 44.7. The third-order valence-electron chi connectivity index (χ3n) is 17.2. The van der Waals surface area contributed by atoms with Crippen LogP contribution >= 0.6 is 0 Å². The Bertz CT molecular complexity index is 1640. The number of carbonyl (C=O) groups excluding carboxylic acids is 1. The molecule has 0 radical (unpaired) electrons. The molecule has 3 saturated heterocycles. The Morgan fingerprint density at radius 2 is 0.741 bits per heavy atom. The molecular weight excluding hydrogens is 1090 g/mol. The number of hydrogen-bond acceptors (Lipinski definition) is 18. The number of allylic oxidation sites excluding steroid dienone is 3. The van der Waals surface area contributed by atoms with Crippen molar-refractivity contribution in [1.29, 1.82) is 0 Å². The molecule has 0 aromatic heterocycles. The highest BCUT2D eigenvalue weighted by atomic mass is 16.8. The standard InChI is InChI=1S/C66H123NO18/c1-3-5-7-9-11-13-15-17-19-20-21-22-23-24-25-26-27-28-30-31-33-35-37-39-41-43-50(71)49(67-54(72)44-42-40-38-36-34-32-29-18-16-14-12-10-8-6-4-2)48-80-64-60(78)57(75)62(52(46-69)82-64)85-66-61(79)58(76)63(53(47-70)83-66)84-65-59(77)56(74)55(73)51(45-68)81-65/h18,29,41,43,49-53,55-66,68-71,73-79H,3-17,19-28,30-40,42,44-48H2,1-2H3,(H,67,72)/b29-18-,43-41+. The first kappa shape index (κ1) is 77.5. The summed E-state index contributed by atoms with van der Waals surface area (Å²) in [4.78, 5) is 13.4. The van der Waals surface area contributed by atoms with Crippen molar-refractivity contribution in [3.8, 4) is 0 Å². The van der Waals surface area contributed by atoms with E-state index in [-0.39, 0.29) is 18.9 Å². The van der Waals surface area contributed by atoms with Gasteiger partial charge in [-0.1, -0.05) is 231 Å². The summed E-state index contributed by atoms with van der Waals surface area (Å²) in [6.07, 6.45) is 27.3. The quantitative estimate of drug-likeness (QED) is 0.0201. The lowest BCUT2D eigenvalue weighted by molar-refractivity contribution is -0.379. The minimum atomic E-state index is -1.98. The van der Waals surface area contributed by atoms with E-state index in [0.717, 1.165) is 64.2 Å². The summed E-state index contributed by atoms with van der Waals surface area (Å²) in [7, 11) is 0. The predicted octanol–water partition coefficient (Wildman–Crippen LogP) is 8.27. The maximum Gasteiger partial charge on any atom is 0.220 e. The maximum atomic E-state index is 13.4. The van der Waals surface area contributed by atoms with E-state index in [1.165, 1.54) is 167 Å². The molecule has 0 bridgehead atoms. The molecule has 3 fully saturated rings. The van der Waals surface area contributed by atoms with Crippen molar-refractivity contribution in [2.75, 3.05) is 26.4 Å². The monoisotopic (exact) mass is 1220 g/mol. The molecule has 0 spiro atoms. The molecule has 3 aliphatic rings. The van der Waals surface area contributed by atoms with Gasteiger partial charge < -0.3 is 89.9 Å². The average Bonchev–Trinajstić information content (AvgIpc) is 3.49. The van der Waals surface area contributed by atoms with Crippen molar-refractivity contribution >= 4 is 5.91 Å². The average molecular weight is 1220 g/mol. The minimum absolute atomic E-state index is 0.235. The highest BCUT2D eigenvalue weighted by Crippen LogP contribution is 2.33. The van der Waals surface area contributed by atoms with Gasteiger partial charge in [-0.3, -0.25) is 4.79 Å². The topological polar surface area (TPSA) is 307 Å². The van der Waals surface area contributed by atoms with Gasteiger partial charge in [-0.25, -0.2) is 0 Å². The number of aliphatic hydroxyl groups excluding tert-OH is 11. The fourth-order valence-electron chi connectivity index (χ4n) is 11.7. The van der Waals surface area contributed by atoms with Gasteiger partial charge >= 0.3 is 0 Å². The van der Waals surface area contributed by atoms with E-state index >= 15 is 0 Å². The molecule has 3 rings (SSSR count). The van der Waals surface area contributed by atoms with Crippen molar-refractivity contribution in [2.45, 2.75) is 362 Å². The SMILES string of the molecule is CCCCCCCC/C=C\CCCCCCCC(=O)NC(COC1OC(CO)C(OC2OC(CO)C(OC3OC(CO)C(O)C(O)C3O)C(O)C2O)C(O)C1O)C(O)/C=C/CCCCCCCCCCCCCCCCCCCCCCCCC. The Labute approximate surface area is 511 Å². The zero-order valence-corrected chi connectivity index (χ0v) is 52.6. The molecule has 0 saturated carbocycles. The van der Waals surface area contributed by atoms with Gasteiger partial charge in [0.25, 0.3) is 0 Å². The second-order valence-electron chi connectivity index (χ2n) is 24.6. The number of amides is 1. The summed E-state index contributed by atoms with van der Waals surface area (Å²) in [5, 5.41) is 120. The van der Waals surface area contributed by atoms with Crippen molar-refractivity contribution in [2.24, 2.45) is 0 Å². The summed E-state index contributed by atoms with van der Waals surface area (Å²) in [6, 6.07) is -0.975. The van der Waals surface area contributed by atoms with Crippen LogP contribution in [0.25, 0.3) is 0 Å². The summed E-state index contributed by atoms with van der Waals surface area (Å²) < 4.78 is 34.3.